The van der Waals surface area contributed by atoms with Crippen molar-refractivity contribution < 1.29 is 19.1 Å². The summed E-state index contributed by atoms with van der Waals surface area (Å²) in [5.41, 5.74) is 3.85. The number of benzene rings is 3. The molecule has 0 radical (unpaired) electrons. The summed E-state index contributed by atoms with van der Waals surface area (Å²) in [5, 5.41) is 5.52. The molecular formula is C27H28N2O4. The molecule has 1 unspecified atom stereocenters. The lowest BCUT2D eigenvalue weighted by atomic mass is 9.98. The number of aryl methyl sites for hydroxylation is 1. The van der Waals surface area contributed by atoms with Crippen molar-refractivity contribution in [3.8, 4) is 0 Å². The van der Waals surface area contributed by atoms with Gasteiger partial charge in [0.15, 0.2) is 6.61 Å². The van der Waals surface area contributed by atoms with Gasteiger partial charge in [-0.1, -0.05) is 79.2 Å². The van der Waals surface area contributed by atoms with E-state index in [1.807, 2.05) is 68.4 Å². The molecule has 0 aliphatic carbocycles. The second-order valence-corrected chi connectivity index (χ2v) is 7.94. The smallest absolute Gasteiger partial charge is 0.306 e. The van der Waals surface area contributed by atoms with Crippen molar-refractivity contribution in [2.45, 2.75) is 32.7 Å². The molecule has 0 aromatic heterocycles. The van der Waals surface area contributed by atoms with Crippen LogP contribution in [0.2, 0.25) is 0 Å². The van der Waals surface area contributed by atoms with Crippen LogP contribution in [0.25, 0.3) is 0 Å². The Kier molecular flexibility index (Phi) is 8.36. The van der Waals surface area contributed by atoms with Crippen molar-refractivity contribution in [2.75, 3.05) is 11.9 Å². The number of hydrogen-bond donors (Lipinski definition) is 2. The summed E-state index contributed by atoms with van der Waals surface area (Å²) in [5.74, 6) is -1.28. The number of para-hydroxylation sites is 1. The van der Waals surface area contributed by atoms with Crippen LogP contribution in [0, 0.1) is 6.92 Å². The minimum Gasteiger partial charge on any atom is -0.456 e. The van der Waals surface area contributed by atoms with Gasteiger partial charge in [-0.2, -0.15) is 0 Å². The predicted molar refractivity (Wildman–Crippen MR) is 128 cm³/mol. The first-order valence-electron chi connectivity index (χ1n) is 10.9. The van der Waals surface area contributed by atoms with Crippen LogP contribution in [0.3, 0.4) is 0 Å². The SMILES string of the molecule is Cc1ccc(CNC(=O)c2ccccc2NC(=O)COC(=O)CC(C)c2ccccc2)cc1. The summed E-state index contributed by atoms with van der Waals surface area (Å²) in [7, 11) is 0. The van der Waals surface area contributed by atoms with E-state index in [1.54, 1.807) is 24.3 Å². The number of amides is 2. The Morgan fingerprint density at radius 1 is 0.879 bits per heavy atom. The van der Waals surface area contributed by atoms with Gasteiger partial charge >= 0.3 is 5.97 Å². The third kappa shape index (κ3) is 7.31. The Hall–Kier alpha value is -3.93. The van der Waals surface area contributed by atoms with Crippen molar-refractivity contribution in [1.82, 2.24) is 5.32 Å². The first kappa shape index (κ1) is 23.7. The fraction of sp³-hybridized carbons (Fsp3) is 0.222. The van der Waals surface area contributed by atoms with E-state index in [9.17, 15) is 14.4 Å². The molecule has 2 amide bonds. The fourth-order valence-corrected chi connectivity index (χ4v) is 3.31. The maximum atomic E-state index is 12.7. The molecule has 6 nitrogen and oxygen atoms in total. The van der Waals surface area contributed by atoms with E-state index in [1.165, 1.54) is 0 Å². The van der Waals surface area contributed by atoms with Gasteiger partial charge in [0.25, 0.3) is 11.8 Å². The van der Waals surface area contributed by atoms with Gasteiger partial charge in [0, 0.05) is 6.54 Å². The third-order valence-corrected chi connectivity index (χ3v) is 5.23. The van der Waals surface area contributed by atoms with E-state index >= 15 is 0 Å². The van der Waals surface area contributed by atoms with Gasteiger partial charge in [-0.3, -0.25) is 14.4 Å². The van der Waals surface area contributed by atoms with E-state index in [0.29, 0.717) is 17.8 Å². The molecule has 0 saturated carbocycles. The minimum atomic E-state index is -0.505. The quantitative estimate of drug-likeness (QED) is 0.473. The topological polar surface area (TPSA) is 84.5 Å². The number of carbonyl (C=O) groups excluding carboxylic acids is 3. The predicted octanol–water partition coefficient (Wildman–Crippen LogP) is 4.60. The first-order valence-corrected chi connectivity index (χ1v) is 10.9. The van der Waals surface area contributed by atoms with Crippen LogP contribution in [0.5, 0.6) is 0 Å². The molecule has 0 heterocycles. The summed E-state index contributed by atoms with van der Waals surface area (Å²) < 4.78 is 5.13. The number of nitrogens with one attached hydrogen (secondary N) is 2. The van der Waals surface area contributed by atoms with E-state index in [2.05, 4.69) is 10.6 Å². The molecule has 3 rings (SSSR count). The molecular weight excluding hydrogens is 416 g/mol. The normalized spacial score (nSPS) is 11.3. The van der Waals surface area contributed by atoms with E-state index in [4.69, 9.17) is 4.74 Å². The lowest BCUT2D eigenvalue weighted by Gasteiger charge is -2.13. The summed E-state index contributed by atoms with van der Waals surface area (Å²) in [6.45, 7) is 3.89. The largest absolute Gasteiger partial charge is 0.456 e. The number of hydrogen-bond acceptors (Lipinski definition) is 4. The third-order valence-electron chi connectivity index (χ3n) is 5.23. The molecule has 0 fully saturated rings. The van der Waals surface area contributed by atoms with Crippen LogP contribution >= 0.6 is 0 Å². The Morgan fingerprint density at radius 3 is 2.27 bits per heavy atom. The molecule has 0 aliphatic rings. The Labute approximate surface area is 194 Å². The molecule has 6 heteroatoms. The van der Waals surface area contributed by atoms with Crippen LogP contribution in [0.4, 0.5) is 5.69 Å². The van der Waals surface area contributed by atoms with Gasteiger partial charge in [0.2, 0.25) is 0 Å². The zero-order valence-corrected chi connectivity index (χ0v) is 18.8. The van der Waals surface area contributed by atoms with E-state index in [-0.39, 0.29) is 18.2 Å². The molecule has 170 valence electrons. The summed E-state index contributed by atoms with van der Waals surface area (Å²) in [6, 6.07) is 24.2. The van der Waals surface area contributed by atoms with Crippen molar-refractivity contribution >= 4 is 23.5 Å². The minimum absolute atomic E-state index is 0.0142. The lowest BCUT2D eigenvalue weighted by Crippen LogP contribution is -2.26. The first-order chi connectivity index (χ1) is 15.9. The van der Waals surface area contributed by atoms with Crippen molar-refractivity contribution in [3.63, 3.8) is 0 Å². The van der Waals surface area contributed by atoms with Gasteiger partial charge in [-0.25, -0.2) is 0 Å². The average molecular weight is 445 g/mol. The molecule has 0 spiro atoms. The highest BCUT2D eigenvalue weighted by atomic mass is 16.5. The molecule has 0 aliphatic heterocycles. The molecule has 3 aromatic carbocycles. The molecule has 33 heavy (non-hydrogen) atoms. The highest BCUT2D eigenvalue weighted by Crippen LogP contribution is 2.19. The maximum absolute atomic E-state index is 12.7. The van der Waals surface area contributed by atoms with Gasteiger partial charge in [0.05, 0.1) is 17.7 Å². The molecule has 2 N–H and O–H groups in total. The van der Waals surface area contributed by atoms with Crippen LogP contribution in [-0.2, 0) is 20.9 Å². The van der Waals surface area contributed by atoms with Crippen molar-refractivity contribution in [2.24, 2.45) is 0 Å². The standard InChI is InChI=1S/C27H28N2O4/c1-19-12-14-21(15-13-19)17-28-27(32)23-10-6-7-11-24(23)29-25(30)18-33-26(31)16-20(2)22-8-4-3-5-9-22/h3-15,20H,16-18H2,1-2H3,(H,28,32)(H,29,30). The van der Waals surface area contributed by atoms with Gasteiger partial charge in [-0.05, 0) is 36.1 Å². The van der Waals surface area contributed by atoms with Crippen LogP contribution in [-0.4, -0.2) is 24.4 Å². The van der Waals surface area contributed by atoms with E-state index < -0.39 is 18.5 Å². The number of ether oxygens (including phenoxy) is 1. The Morgan fingerprint density at radius 2 is 1.55 bits per heavy atom. The monoisotopic (exact) mass is 444 g/mol. The molecule has 0 bridgehead atoms. The molecule has 0 saturated heterocycles. The van der Waals surface area contributed by atoms with Crippen molar-refractivity contribution in [3.05, 3.63) is 101 Å². The summed E-state index contributed by atoms with van der Waals surface area (Å²) >= 11 is 0. The van der Waals surface area contributed by atoms with Crippen molar-refractivity contribution in [1.29, 1.82) is 0 Å². The van der Waals surface area contributed by atoms with Crippen LogP contribution in [0.15, 0.2) is 78.9 Å². The van der Waals surface area contributed by atoms with Crippen LogP contribution < -0.4 is 10.6 Å². The fourth-order valence-electron chi connectivity index (χ4n) is 3.31. The average Bonchev–Trinajstić information content (AvgIpc) is 2.83. The molecule has 1 atom stereocenters. The van der Waals surface area contributed by atoms with Gasteiger partial charge in [-0.15, -0.1) is 0 Å². The Balaban J connectivity index is 1.51. The Bertz CT molecular complexity index is 1090. The van der Waals surface area contributed by atoms with Gasteiger partial charge < -0.3 is 15.4 Å². The number of rotatable bonds is 9. The maximum Gasteiger partial charge on any atom is 0.306 e. The van der Waals surface area contributed by atoms with Gasteiger partial charge in [0.1, 0.15) is 0 Å². The van der Waals surface area contributed by atoms with E-state index in [0.717, 1.165) is 16.7 Å². The second kappa shape index (κ2) is 11.6. The number of anilines is 1. The number of esters is 1. The zero-order chi connectivity index (χ0) is 23.6. The lowest BCUT2D eigenvalue weighted by molar-refractivity contribution is -0.147. The molecule has 3 aromatic rings. The number of carbonyl (C=O) groups is 3. The summed E-state index contributed by atoms with van der Waals surface area (Å²) in [6.07, 6.45) is 0.176. The highest BCUT2D eigenvalue weighted by Gasteiger charge is 2.16. The second-order valence-electron chi connectivity index (χ2n) is 7.94. The zero-order valence-electron chi connectivity index (χ0n) is 18.8. The highest BCUT2D eigenvalue weighted by molar-refractivity contribution is 6.04. The van der Waals surface area contributed by atoms with Crippen LogP contribution in [0.1, 0.15) is 46.3 Å². The summed E-state index contributed by atoms with van der Waals surface area (Å²) in [4.78, 5) is 37.1.